The minimum Gasteiger partial charge on any atom is -0.481 e. The van der Waals surface area contributed by atoms with Crippen LogP contribution in [-0.2, 0) is 14.4 Å². The number of nitrogens with two attached hydrogens (primary N) is 3. The largest absolute Gasteiger partial charge is 0.481 e. The minimum atomic E-state index is -0.994. The summed E-state index contributed by atoms with van der Waals surface area (Å²) in [6.45, 7) is -0.267. The van der Waals surface area contributed by atoms with Crippen LogP contribution < -0.4 is 27.8 Å². The number of carboxylic acids is 2. The Morgan fingerprint density at radius 3 is 1.69 bits per heavy atom. The van der Waals surface area contributed by atoms with Crippen LogP contribution in [0.15, 0.2) is 0 Å². The number of hydrogen-bond donors (Lipinski definition) is 9. The van der Waals surface area contributed by atoms with E-state index in [0.717, 1.165) is 0 Å². The van der Waals surface area contributed by atoms with Crippen LogP contribution in [0.3, 0.4) is 0 Å². The second-order valence-electron chi connectivity index (χ2n) is 5.06. The van der Waals surface area contributed by atoms with Gasteiger partial charge in [0, 0.05) is 38.1 Å². The summed E-state index contributed by atoms with van der Waals surface area (Å²) in [6, 6.07) is -1.55. The zero-order valence-electron chi connectivity index (χ0n) is 15.2. The van der Waals surface area contributed by atoms with Crippen molar-refractivity contribution in [3.05, 3.63) is 0 Å². The van der Waals surface area contributed by atoms with Crippen molar-refractivity contribution < 1.29 is 34.8 Å². The molecule has 0 aromatic heterocycles. The summed E-state index contributed by atoms with van der Waals surface area (Å²) in [5, 5.41) is 38.8. The summed E-state index contributed by atoms with van der Waals surface area (Å²) >= 11 is 0. The van der Waals surface area contributed by atoms with Crippen molar-refractivity contribution in [3.63, 3.8) is 0 Å². The predicted molar refractivity (Wildman–Crippen MR) is 95.2 cm³/mol. The molecule has 0 radical (unpaired) electrons. The number of amides is 1. The summed E-state index contributed by atoms with van der Waals surface area (Å²) in [4.78, 5) is 31.1. The lowest BCUT2D eigenvalue weighted by molar-refractivity contribution is -0.138. The first kappa shape index (κ1) is 29.0. The quantitative estimate of drug-likeness (QED) is 0.168. The second kappa shape index (κ2) is 19.5. The van der Waals surface area contributed by atoms with E-state index >= 15 is 0 Å². The Morgan fingerprint density at radius 1 is 0.885 bits per heavy atom. The molecule has 0 aliphatic carbocycles. The van der Waals surface area contributed by atoms with Gasteiger partial charge < -0.3 is 48.3 Å². The Morgan fingerprint density at radius 2 is 1.38 bits per heavy atom. The first-order chi connectivity index (χ1) is 12.2. The maximum Gasteiger partial charge on any atom is 0.305 e. The predicted octanol–water partition coefficient (Wildman–Crippen LogP) is -3.77. The molecular weight excluding hydrogens is 350 g/mol. The normalized spacial score (nSPS) is 13.0. The zero-order chi connectivity index (χ0) is 21.1. The standard InChI is InChI=1S/C9H19N3O4.C4H9NO3.CH5N/c1-11-8(14)2-6(10)4-12-7(5-13)3-9(15)16;5-3(2-6)1-4(7)8;1-2/h6-7,12-13H,2-5,10H2,1H3,(H,11,14)(H,15,16);3,6H,1-2,5H2,(H,7,8);2H2,1H3. The van der Waals surface area contributed by atoms with E-state index in [1.54, 1.807) is 0 Å². The molecule has 1 amide bonds. The smallest absolute Gasteiger partial charge is 0.305 e. The molecule has 26 heavy (non-hydrogen) atoms. The monoisotopic (exact) mass is 383 g/mol. The Hall–Kier alpha value is -1.83. The summed E-state index contributed by atoms with van der Waals surface area (Å²) in [5.41, 5.74) is 15.2. The van der Waals surface area contributed by atoms with E-state index < -0.39 is 30.1 Å². The lowest BCUT2D eigenvalue weighted by Gasteiger charge is -2.17. The molecule has 0 aliphatic rings. The van der Waals surface area contributed by atoms with Crippen molar-refractivity contribution in [1.82, 2.24) is 10.6 Å². The highest BCUT2D eigenvalue weighted by Gasteiger charge is 2.14. The fourth-order valence-electron chi connectivity index (χ4n) is 1.43. The number of aliphatic carboxylic acids is 2. The van der Waals surface area contributed by atoms with E-state index in [1.165, 1.54) is 14.1 Å². The molecule has 12 nitrogen and oxygen atoms in total. The molecule has 0 spiro atoms. The van der Waals surface area contributed by atoms with Crippen molar-refractivity contribution >= 4 is 17.8 Å². The highest BCUT2D eigenvalue weighted by atomic mass is 16.4. The molecule has 0 aromatic carbocycles. The molecule has 3 unspecified atom stereocenters. The Labute approximate surface area is 152 Å². The Bertz CT molecular complexity index is 385. The van der Waals surface area contributed by atoms with Gasteiger partial charge in [0.1, 0.15) is 0 Å². The summed E-state index contributed by atoms with van der Waals surface area (Å²) < 4.78 is 0. The summed E-state index contributed by atoms with van der Waals surface area (Å²) in [5.74, 6) is -2.15. The number of rotatable bonds is 11. The van der Waals surface area contributed by atoms with E-state index in [9.17, 15) is 14.4 Å². The molecule has 0 aliphatic heterocycles. The van der Waals surface area contributed by atoms with Crippen LogP contribution in [0.4, 0.5) is 0 Å². The van der Waals surface area contributed by atoms with Crippen LogP contribution in [0.2, 0.25) is 0 Å². The van der Waals surface area contributed by atoms with Gasteiger partial charge >= 0.3 is 11.9 Å². The van der Waals surface area contributed by atoms with Gasteiger partial charge in [-0.3, -0.25) is 14.4 Å². The number of aliphatic hydroxyl groups is 2. The lowest BCUT2D eigenvalue weighted by Crippen LogP contribution is -2.44. The maximum absolute atomic E-state index is 11.0. The molecule has 0 fully saturated rings. The molecule has 0 saturated heterocycles. The third-order valence-electron chi connectivity index (χ3n) is 2.71. The number of hydrogen-bond acceptors (Lipinski definition) is 9. The second-order valence-corrected chi connectivity index (χ2v) is 5.06. The van der Waals surface area contributed by atoms with Crippen molar-refractivity contribution in [2.45, 2.75) is 37.4 Å². The average molecular weight is 383 g/mol. The Balaban J connectivity index is -0.000000444. The summed E-state index contributed by atoms with van der Waals surface area (Å²) in [6.07, 6.45) is -0.186. The van der Waals surface area contributed by atoms with Gasteiger partial charge in [0.2, 0.25) is 5.91 Å². The van der Waals surface area contributed by atoms with Crippen LogP contribution in [0.1, 0.15) is 19.3 Å². The SMILES string of the molecule is CN.CNC(=O)CC(N)CNC(CO)CC(=O)O.NC(CO)CC(=O)O. The number of nitrogens with one attached hydrogen (secondary N) is 2. The zero-order valence-corrected chi connectivity index (χ0v) is 15.2. The third kappa shape index (κ3) is 22.2. The molecule has 0 bridgehead atoms. The minimum absolute atomic E-state index is 0.161. The van der Waals surface area contributed by atoms with Gasteiger partial charge in [0.25, 0.3) is 0 Å². The van der Waals surface area contributed by atoms with Gasteiger partial charge in [-0.2, -0.15) is 0 Å². The highest BCUT2D eigenvalue weighted by molar-refractivity contribution is 5.76. The van der Waals surface area contributed by atoms with Crippen LogP contribution in [-0.4, -0.2) is 90.3 Å². The lowest BCUT2D eigenvalue weighted by atomic mass is 10.1. The molecule has 12 N–H and O–H groups in total. The fraction of sp³-hybridized carbons (Fsp3) is 0.786. The average Bonchev–Trinajstić information content (AvgIpc) is 2.59. The molecule has 156 valence electrons. The molecule has 0 aromatic rings. The van der Waals surface area contributed by atoms with Crippen LogP contribution >= 0.6 is 0 Å². The van der Waals surface area contributed by atoms with Crippen LogP contribution in [0.25, 0.3) is 0 Å². The number of carboxylic acid groups (broad SMARTS) is 2. The first-order valence-corrected chi connectivity index (χ1v) is 7.84. The fourth-order valence-corrected chi connectivity index (χ4v) is 1.43. The highest BCUT2D eigenvalue weighted by Crippen LogP contribution is 1.93. The van der Waals surface area contributed by atoms with Crippen molar-refractivity contribution in [3.8, 4) is 0 Å². The molecular formula is C14H33N5O7. The van der Waals surface area contributed by atoms with E-state index in [-0.39, 0.29) is 44.9 Å². The van der Waals surface area contributed by atoms with Crippen LogP contribution in [0.5, 0.6) is 0 Å². The third-order valence-corrected chi connectivity index (χ3v) is 2.71. The molecule has 3 atom stereocenters. The van der Waals surface area contributed by atoms with E-state index in [1.807, 2.05) is 0 Å². The molecule has 0 saturated carbocycles. The number of aliphatic hydroxyl groups excluding tert-OH is 2. The molecule has 0 heterocycles. The molecule has 12 heteroatoms. The van der Waals surface area contributed by atoms with Crippen LogP contribution in [0, 0.1) is 0 Å². The van der Waals surface area contributed by atoms with E-state index in [2.05, 4.69) is 16.4 Å². The van der Waals surface area contributed by atoms with E-state index in [0.29, 0.717) is 0 Å². The van der Waals surface area contributed by atoms with Crippen molar-refractivity contribution in [2.75, 3.05) is 33.9 Å². The Kier molecular flexibility index (Phi) is 21.7. The summed E-state index contributed by atoms with van der Waals surface area (Å²) in [7, 11) is 3.02. The van der Waals surface area contributed by atoms with Gasteiger partial charge in [-0.05, 0) is 7.05 Å². The number of carbonyl (C=O) groups is 3. The topological polar surface area (TPSA) is 234 Å². The van der Waals surface area contributed by atoms with E-state index in [4.69, 9.17) is 31.9 Å². The number of carbonyl (C=O) groups excluding carboxylic acids is 1. The van der Waals surface area contributed by atoms with Crippen molar-refractivity contribution in [1.29, 1.82) is 0 Å². The van der Waals surface area contributed by atoms with Gasteiger partial charge in [0.05, 0.1) is 26.1 Å². The van der Waals surface area contributed by atoms with Gasteiger partial charge in [-0.1, -0.05) is 0 Å². The first-order valence-electron chi connectivity index (χ1n) is 7.84. The van der Waals surface area contributed by atoms with Gasteiger partial charge in [0.15, 0.2) is 0 Å². The maximum atomic E-state index is 11.0. The van der Waals surface area contributed by atoms with Gasteiger partial charge in [-0.15, -0.1) is 0 Å². The molecule has 0 rings (SSSR count). The van der Waals surface area contributed by atoms with Crippen molar-refractivity contribution in [2.24, 2.45) is 17.2 Å². The van der Waals surface area contributed by atoms with Gasteiger partial charge in [-0.25, -0.2) is 0 Å².